The van der Waals surface area contributed by atoms with Crippen LogP contribution in [0.2, 0.25) is 0 Å². The van der Waals surface area contributed by atoms with Crippen molar-refractivity contribution in [2.75, 3.05) is 10.6 Å². The van der Waals surface area contributed by atoms with Crippen LogP contribution < -0.4 is 10.6 Å². The molecule has 0 radical (unpaired) electrons. The van der Waals surface area contributed by atoms with E-state index in [4.69, 9.17) is 5.11 Å². The number of thiophene rings is 1. The standard InChI is InChI=1S/C24H25N3O4S2/c1-13-4-9-18-19(12-25)23(33-20(18)10-13)27-22(29)15(3)32-17-7-5-16(6-8-17)26-21(28)11-14(2)24(30)31/h5-8,11,13,15H,4,9-10H2,1-3H3,(H,26,28)(H,27,29)(H,30,31)/b14-11-/t13-,15+/m1/s1. The zero-order chi connectivity index (χ0) is 24.1. The van der Waals surface area contributed by atoms with Gasteiger partial charge in [-0.1, -0.05) is 6.92 Å². The molecule has 33 heavy (non-hydrogen) atoms. The minimum Gasteiger partial charge on any atom is -0.478 e. The molecule has 0 bridgehead atoms. The summed E-state index contributed by atoms with van der Waals surface area (Å²) >= 11 is 2.88. The number of aliphatic carboxylic acids is 1. The number of amides is 2. The van der Waals surface area contributed by atoms with Gasteiger partial charge >= 0.3 is 5.97 Å². The van der Waals surface area contributed by atoms with E-state index in [9.17, 15) is 19.6 Å². The van der Waals surface area contributed by atoms with Crippen LogP contribution >= 0.6 is 23.1 Å². The largest absolute Gasteiger partial charge is 0.478 e. The van der Waals surface area contributed by atoms with Gasteiger partial charge in [-0.2, -0.15) is 5.26 Å². The number of nitrogens with zero attached hydrogens (tertiary/aromatic N) is 1. The van der Waals surface area contributed by atoms with Crippen molar-refractivity contribution in [3.8, 4) is 6.07 Å². The fourth-order valence-corrected chi connectivity index (χ4v) is 5.71. The first-order valence-electron chi connectivity index (χ1n) is 10.5. The van der Waals surface area contributed by atoms with Crippen LogP contribution in [0, 0.1) is 17.2 Å². The second kappa shape index (κ2) is 10.7. The lowest BCUT2D eigenvalue weighted by atomic mass is 9.89. The van der Waals surface area contributed by atoms with Crippen molar-refractivity contribution in [3.05, 3.63) is 51.9 Å². The topological polar surface area (TPSA) is 119 Å². The second-order valence-corrected chi connectivity index (χ2v) is 10.6. The molecule has 3 rings (SSSR count). The van der Waals surface area contributed by atoms with E-state index in [0.29, 0.717) is 22.2 Å². The van der Waals surface area contributed by atoms with Gasteiger partial charge in [0, 0.05) is 27.1 Å². The summed E-state index contributed by atoms with van der Waals surface area (Å²) in [6, 6.07) is 9.22. The Labute approximate surface area is 200 Å². The van der Waals surface area contributed by atoms with E-state index < -0.39 is 17.1 Å². The number of rotatable bonds is 7. The summed E-state index contributed by atoms with van der Waals surface area (Å²) in [7, 11) is 0. The highest BCUT2D eigenvalue weighted by molar-refractivity contribution is 8.00. The van der Waals surface area contributed by atoms with Crippen LogP contribution in [0.15, 0.2) is 40.8 Å². The molecule has 2 amide bonds. The lowest BCUT2D eigenvalue weighted by molar-refractivity contribution is -0.132. The quantitative estimate of drug-likeness (QED) is 0.383. The molecule has 0 fully saturated rings. The highest BCUT2D eigenvalue weighted by Crippen LogP contribution is 2.39. The van der Waals surface area contributed by atoms with E-state index in [-0.39, 0.29) is 11.5 Å². The van der Waals surface area contributed by atoms with Gasteiger partial charge in [0.2, 0.25) is 11.8 Å². The van der Waals surface area contributed by atoms with Crippen molar-refractivity contribution in [2.45, 2.75) is 50.2 Å². The molecule has 3 N–H and O–H groups in total. The molecule has 1 aromatic heterocycles. The lowest BCUT2D eigenvalue weighted by Gasteiger charge is -2.17. The average molecular weight is 484 g/mol. The SMILES string of the molecule is C/C(=C/C(=O)Nc1ccc(S[C@@H](C)C(=O)Nc2sc3c(c2C#N)CC[C@@H](C)C3)cc1)C(=O)O. The molecule has 2 aromatic rings. The number of carboxylic acid groups (broad SMARTS) is 1. The second-order valence-electron chi connectivity index (χ2n) is 8.06. The Balaban J connectivity index is 1.60. The number of hydrogen-bond donors (Lipinski definition) is 3. The molecule has 1 aliphatic rings. The van der Waals surface area contributed by atoms with Crippen LogP contribution in [0.3, 0.4) is 0 Å². The fourth-order valence-electron chi connectivity index (χ4n) is 3.48. The summed E-state index contributed by atoms with van der Waals surface area (Å²) in [6.45, 7) is 5.35. The van der Waals surface area contributed by atoms with Gasteiger partial charge in [-0.05, 0) is 68.9 Å². The summed E-state index contributed by atoms with van der Waals surface area (Å²) in [5, 5.41) is 24.2. The molecule has 1 aliphatic carbocycles. The number of carboxylic acids is 1. The van der Waals surface area contributed by atoms with Gasteiger partial charge < -0.3 is 15.7 Å². The Morgan fingerprint density at radius 1 is 1.27 bits per heavy atom. The predicted molar refractivity (Wildman–Crippen MR) is 131 cm³/mol. The first kappa shape index (κ1) is 24.6. The van der Waals surface area contributed by atoms with Crippen LogP contribution in [0.5, 0.6) is 0 Å². The lowest BCUT2D eigenvalue weighted by Crippen LogP contribution is -2.22. The molecular weight excluding hydrogens is 458 g/mol. The van der Waals surface area contributed by atoms with E-state index in [1.165, 1.54) is 34.9 Å². The molecule has 7 nitrogen and oxygen atoms in total. The maximum Gasteiger partial charge on any atom is 0.331 e. The monoisotopic (exact) mass is 483 g/mol. The van der Waals surface area contributed by atoms with Crippen molar-refractivity contribution in [1.29, 1.82) is 5.26 Å². The van der Waals surface area contributed by atoms with Gasteiger partial charge in [0.1, 0.15) is 11.1 Å². The number of thioether (sulfide) groups is 1. The molecule has 0 saturated carbocycles. The number of fused-ring (bicyclic) bond motifs is 1. The van der Waals surface area contributed by atoms with Crippen LogP contribution in [-0.4, -0.2) is 28.1 Å². The van der Waals surface area contributed by atoms with E-state index in [2.05, 4.69) is 23.6 Å². The van der Waals surface area contributed by atoms with Crippen molar-refractivity contribution in [3.63, 3.8) is 0 Å². The van der Waals surface area contributed by atoms with Gasteiger partial charge in [-0.3, -0.25) is 9.59 Å². The molecule has 1 aromatic carbocycles. The number of anilines is 2. The highest BCUT2D eigenvalue weighted by Gasteiger charge is 2.25. The third-order valence-electron chi connectivity index (χ3n) is 5.35. The van der Waals surface area contributed by atoms with Gasteiger partial charge in [0.15, 0.2) is 0 Å². The van der Waals surface area contributed by atoms with Crippen LogP contribution in [0.25, 0.3) is 0 Å². The number of nitrogens with one attached hydrogen (secondary N) is 2. The van der Waals surface area contributed by atoms with Crippen molar-refractivity contribution >= 4 is 51.6 Å². The first-order chi connectivity index (χ1) is 15.7. The summed E-state index contributed by atoms with van der Waals surface area (Å²) in [6.07, 6.45) is 3.91. The molecule has 0 spiro atoms. The van der Waals surface area contributed by atoms with Crippen LogP contribution in [0.4, 0.5) is 10.7 Å². The summed E-state index contributed by atoms with van der Waals surface area (Å²) in [5.41, 5.74) is 2.15. The van der Waals surface area contributed by atoms with Crippen molar-refractivity contribution in [1.82, 2.24) is 0 Å². The van der Waals surface area contributed by atoms with Gasteiger partial charge in [0.05, 0.1) is 10.8 Å². The van der Waals surface area contributed by atoms with Crippen molar-refractivity contribution in [2.24, 2.45) is 5.92 Å². The smallest absolute Gasteiger partial charge is 0.331 e. The number of hydrogen-bond acceptors (Lipinski definition) is 6. The van der Waals surface area contributed by atoms with E-state index in [1.54, 1.807) is 31.2 Å². The first-order valence-corrected chi connectivity index (χ1v) is 12.2. The fraction of sp³-hybridized carbons (Fsp3) is 0.333. The Hall–Kier alpha value is -3.09. The third kappa shape index (κ3) is 6.24. The van der Waals surface area contributed by atoms with Gasteiger partial charge in [-0.15, -0.1) is 23.1 Å². The zero-order valence-corrected chi connectivity index (χ0v) is 20.2. The third-order valence-corrected chi connectivity index (χ3v) is 7.63. The Bertz CT molecular complexity index is 1150. The van der Waals surface area contributed by atoms with Crippen molar-refractivity contribution < 1.29 is 19.5 Å². The Morgan fingerprint density at radius 2 is 1.97 bits per heavy atom. The summed E-state index contributed by atoms with van der Waals surface area (Å²) < 4.78 is 0. The number of carbonyl (C=O) groups excluding carboxylic acids is 2. The number of carbonyl (C=O) groups is 3. The van der Waals surface area contributed by atoms with E-state index in [1.807, 2.05) is 0 Å². The molecule has 1 heterocycles. The minimum atomic E-state index is -1.15. The molecule has 0 unspecified atom stereocenters. The normalized spacial score (nSPS) is 16.3. The number of nitriles is 1. The maximum absolute atomic E-state index is 12.8. The highest BCUT2D eigenvalue weighted by atomic mass is 32.2. The Morgan fingerprint density at radius 3 is 2.61 bits per heavy atom. The van der Waals surface area contributed by atoms with E-state index >= 15 is 0 Å². The average Bonchev–Trinajstić information content (AvgIpc) is 3.10. The summed E-state index contributed by atoms with van der Waals surface area (Å²) in [4.78, 5) is 37.5. The van der Waals surface area contributed by atoms with E-state index in [0.717, 1.165) is 35.8 Å². The summed E-state index contributed by atoms with van der Waals surface area (Å²) in [5.74, 6) is -1.26. The van der Waals surface area contributed by atoms with Crippen LogP contribution in [-0.2, 0) is 27.2 Å². The molecule has 2 atom stereocenters. The molecular formula is C24H25N3O4S2. The number of benzene rings is 1. The van der Waals surface area contributed by atoms with Gasteiger partial charge in [0.25, 0.3) is 0 Å². The molecule has 0 saturated heterocycles. The van der Waals surface area contributed by atoms with Gasteiger partial charge in [-0.25, -0.2) is 4.79 Å². The molecule has 172 valence electrons. The Kier molecular flexibility index (Phi) is 7.95. The maximum atomic E-state index is 12.8. The van der Waals surface area contributed by atoms with Crippen LogP contribution in [0.1, 0.15) is 43.2 Å². The minimum absolute atomic E-state index is 0.0554. The molecule has 0 aliphatic heterocycles. The molecule has 9 heteroatoms. The zero-order valence-electron chi connectivity index (χ0n) is 18.6. The predicted octanol–water partition coefficient (Wildman–Crippen LogP) is 4.83.